The van der Waals surface area contributed by atoms with Gasteiger partial charge >= 0.3 is 0 Å². The number of nitrogens with zero attached hydrogens (tertiary/aromatic N) is 5. The minimum Gasteiger partial charge on any atom is -0.497 e. The van der Waals surface area contributed by atoms with Gasteiger partial charge in [-0.15, -0.1) is 0 Å². The highest BCUT2D eigenvalue weighted by molar-refractivity contribution is 5.95. The lowest BCUT2D eigenvalue weighted by Gasteiger charge is -2.30. The average Bonchev–Trinajstić information content (AvgIpc) is 3.45. The number of rotatable bonds is 5. The normalized spacial score (nSPS) is 16.0. The molecule has 0 saturated carbocycles. The molecule has 0 radical (unpaired) electrons. The molecule has 1 aliphatic rings. The third-order valence-corrected chi connectivity index (χ3v) is 7.27. The third kappa shape index (κ3) is 4.23. The number of amides is 1. The molecule has 1 amide bonds. The first-order valence-electron chi connectivity index (χ1n) is 12.6. The predicted octanol–water partition coefficient (Wildman–Crippen LogP) is 4.28. The number of hydrogen-bond donors (Lipinski definition) is 1. The zero-order valence-electron chi connectivity index (χ0n) is 21.1. The monoisotopic (exact) mass is 494 g/mol. The van der Waals surface area contributed by atoms with E-state index in [1.807, 2.05) is 46.0 Å². The molecule has 0 unspecified atom stereocenters. The van der Waals surface area contributed by atoms with Crippen LogP contribution in [0.1, 0.15) is 34.5 Å². The van der Waals surface area contributed by atoms with Crippen LogP contribution in [-0.2, 0) is 6.54 Å². The van der Waals surface area contributed by atoms with Gasteiger partial charge in [0.1, 0.15) is 17.1 Å². The van der Waals surface area contributed by atoms with Crippen molar-refractivity contribution in [1.82, 2.24) is 23.8 Å². The number of nitrogens with two attached hydrogens (primary N) is 1. The van der Waals surface area contributed by atoms with E-state index < -0.39 is 0 Å². The SMILES string of the molecule is COc1ccc2cc(-c3nc4cc(C(=O)N5CCC[C@@H](N)C5)ccn4c3C)n(Cc3cccnc3)c2c1. The zero-order valence-corrected chi connectivity index (χ0v) is 21.1. The summed E-state index contributed by atoms with van der Waals surface area (Å²) in [7, 11) is 1.68. The van der Waals surface area contributed by atoms with E-state index in [9.17, 15) is 4.79 Å². The summed E-state index contributed by atoms with van der Waals surface area (Å²) in [5.74, 6) is 0.814. The zero-order chi connectivity index (χ0) is 25.5. The molecule has 6 rings (SSSR count). The Bertz CT molecular complexity index is 1600. The molecule has 0 spiro atoms. The summed E-state index contributed by atoms with van der Waals surface area (Å²) in [6.07, 6.45) is 7.51. The highest BCUT2D eigenvalue weighted by atomic mass is 16.5. The fraction of sp³-hybridized carbons (Fsp3) is 0.276. The fourth-order valence-electron chi connectivity index (χ4n) is 5.32. The van der Waals surface area contributed by atoms with Crippen molar-refractivity contribution in [2.24, 2.45) is 5.73 Å². The number of imidazole rings is 1. The van der Waals surface area contributed by atoms with E-state index >= 15 is 0 Å². The molecular weight excluding hydrogens is 464 g/mol. The van der Waals surface area contributed by atoms with Gasteiger partial charge in [0.2, 0.25) is 0 Å². The average molecular weight is 495 g/mol. The Kier molecular flexibility index (Phi) is 5.88. The van der Waals surface area contributed by atoms with Gasteiger partial charge in [-0.3, -0.25) is 9.78 Å². The summed E-state index contributed by atoms with van der Waals surface area (Å²) in [6, 6.07) is 16.1. The van der Waals surface area contributed by atoms with Gasteiger partial charge in [0.05, 0.1) is 18.3 Å². The van der Waals surface area contributed by atoms with Crippen molar-refractivity contribution in [1.29, 1.82) is 0 Å². The third-order valence-electron chi connectivity index (χ3n) is 7.27. The molecule has 0 bridgehead atoms. The van der Waals surface area contributed by atoms with Crippen molar-refractivity contribution < 1.29 is 9.53 Å². The van der Waals surface area contributed by atoms with Gasteiger partial charge in [-0.2, -0.15) is 0 Å². The van der Waals surface area contributed by atoms with E-state index in [4.69, 9.17) is 15.5 Å². The molecule has 2 N–H and O–H groups in total. The number of ether oxygens (including phenoxy) is 1. The quantitative estimate of drug-likeness (QED) is 0.394. The maximum Gasteiger partial charge on any atom is 0.254 e. The van der Waals surface area contributed by atoms with Crippen LogP contribution in [0.4, 0.5) is 0 Å². The molecule has 188 valence electrons. The molecule has 4 aromatic heterocycles. The number of aryl methyl sites for hydroxylation is 1. The Labute approximate surface area is 215 Å². The van der Waals surface area contributed by atoms with Crippen LogP contribution in [0.5, 0.6) is 5.75 Å². The number of fused-ring (bicyclic) bond motifs is 2. The van der Waals surface area contributed by atoms with Crippen LogP contribution in [0.25, 0.3) is 27.9 Å². The number of methoxy groups -OCH3 is 1. The van der Waals surface area contributed by atoms with E-state index in [1.54, 1.807) is 13.3 Å². The van der Waals surface area contributed by atoms with Gasteiger partial charge in [-0.05, 0) is 61.7 Å². The first-order valence-corrected chi connectivity index (χ1v) is 12.6. The molecule has 0 aliphatic carbocycles. The summed E-state index contributed by atoms with van der Waals surface area (Å²) < 4.78 is 9.81. The van der Waals surface area contributed by atoms with Gasteiger partial charge < -0.3 is 24.3 Å². The first-order chi connectivity index (χ1) is 18.0. The Morgan fingerprint density at radius 3 is 2.86 bits per heavy atom. The summed E-state index contributed by atoms with van der Waals surface area (Å²) in [5.41, 5.74) is 12.5. The van der Waals surface area contributed by atoms with E-state index in [-0.39, 0.29) is 11.9 Å². The number of hydrogen-bond acceptors (Lipinski definition) is 5. The van der Waals surface area contributed by atoms with E-state index in [1.165, 1.54) is 0 Å². The number of aromatic nitrogens is 4. The number of pyridine rings is 2. The van der Waals surface area contributed by atoms with Gasteiger partial charge in [0, 0.05) is 67.0 Å². The molecule has 5 heterocycles. The smallest absolute Gasteiger partial charge is 0.254 e. The van der Waals surface area contributed by atoms with Crippen LogP contribution in [0, 0.1) is 6.92 Å². The van der Waals surface area contributed by atoms with Crippen molar-refractivity contribution in [3.05, 3.63) is 83.9 Å². The summed E-state index contributed by atoms with van der Waals surface area (Å²) >= 11 is 0. The van der Waals surface area contributed by atoms with Crippen LogP contribution < -0.4 is 10.5 Å². The first kappa shape index (κ1) is 23.2. The Morgan fingerprint density at radius 1 is 1.19 bits per heavy atom. The Hall–Kier alpha value is -4.17. The van der Waals surface area contributed by atoms with Crippen molar-refractivity contribution in [3.8, 4) is 17.1 Å². The van der Waals surface area contributed by atoms with E-state index in [0.717, 1.165) is 64.3 Å². The second-order valence-corrected chi connectivity index (χ2v) is 9.74. The number of carbonyl (C=O) groups excluding carboxylic acids is 1. The maximum atomic E-state index is 13.2. The van der Waals surface area contributed by atoms with E-state index in [2.05, 4.69) is 40.7 Å². The number of piperidine rings is 1. The highest BCUT2D eigenvalue weighted by Crippen LogP contribution is 2.33. The van der Waals surface area contributed by atoms with Crippen LogP contribution in [0.15, 0.2) is 67.1 Å². The topological polar surface area (TPSA) is 90.7 Å². The lowest BCUT2D eigenvalue weighted by Crippen LogP contribution is -2.45. The molecule has 1 atom stereocenters. The fourth-order valence-corrected chi connectivity index (χ4v) is 5.32. The van der Waals surface area contributed by atoms with Crippen LogP contribution in [-0.4, -0.2) is 56.0 Å². The van der Waals surface area contributed by atoms with Crippen molar-refractivity contribution >= 4 is 22.5 Å². The molecule has 8 heteroatoms. The second kappa shape index (κ2) is 9.37. The number of benzene rings is 1. The molecule has 1 fully saturated rings. The molecule has 37 heavy (non-hydrogen) atoms. The van der Waals surface area contributed by atoms with E-state index in [0.29, 0.717) is 18.7 Å². The van der Waals surface area contributed by atoms with Gasteiger partial charge in [0.25, 0.3) is 5.91 Å². The minimum absolute atomic E-state index is 0.0117. The molecule has 5 aromatic rings. The summed E-state index contributed by atoms with van der Waals surface area (Å²) in [6.45, 7) is 4.05. The minimum atomic E-state index is 0.0117. The van der Waals surface area contributed by atoms with Crippen LogP contribution in [0.3, 0.4) is 0 Å². The largest absolute Gasteiger partial charge is 0.497 e. The lowest BCUT2D eigenvalue weighted by molar-refractivity contribution is 0.0709. The molecule has 1 aromatic carbocycles. The van der Waals surface area contributed by atoms with Gasteiger partial charge in [0.15, 0.2) is 0 Å². The number of carbonyl (C=O) groups is 1. The predicted molar refractivity (Wildman–Crippen MR) is 144 cm³/mol. The Balaban J connectivity index is 1.45. The summed E-state index contributed by atoms with van der Waals surface area (Å²) in [5, 5.41) is 1.11. The lowest BCUT2D eigenvalue weighted by atomic mass is 10.1. The van der Waals surface area contributed by atoms with Crippen molar-refractivity contribution in [3.63, 3.8) is 0 Å². The van der Waals surface area contributed by atoms with Crippen LogP contribution >= 0.6 is 0 Å². The van der Waals surface area contributed by atoms with Crippen LogP contribution in [0.2, 0.25) is 0 Å². The second-order valence-electron chi connectivity index (χ2n) is 9.74. The molecule has 1 saturated heterocycles. The van der Waals surface area contributed by atoms with Crippen molar-refractivity contribution in [2.75, 3.05) is 20.2 Å². The Morgan fingerprint density at radius 2 is 2.08 bits per heavy atom. The molecule has 8 nitrogen and oxygen atoms in total. The molecular formula is C29H30N6O2. The molecule has 1 aliphatic heterocycles. The maximum absolute atomic E-state index is 13.2. The van der Waals surface area contributed by atoms with Gasteiger partial charge in [-0.1, -0.05) is 6.07 Å². The van der Waals surface area contributed by atoms with Crippen molar-refractivity contribution in [2.45, 2.75) is 32.4 Å². The summed E-state index contributed by atoms with van der Waals surface area (Å²) in [4.78, 5) is 24.4. The standard InChI is InChI=1S/C29H30N6O2/c1-19-28(32-27-14-22(9-12-34(19)27)29(36)33-11-4-6-23(30)18-33)26-13-21-7-8-24(37-2)15-25(21)35(26)17-20-5-3-10-31-16-20/h3,5,7-10,12-16,23H,4,6,11,17-18,30H2,1-2H3/t23-/m1/s1. The number of likely N-dealkylation sites (tertiary alicyclic amines) is 1. The highest BCUT2D eigenvalue weighted by Gasteiger charge is 2.24. The van der Waals surface area contributed by atoms with Gasteiger partial charge in [-0.25, -0.2) is 4.98 Å².